The highest BCUT2D eigenvalue weighted by molar-refractivity contribution is 6.31. The van der Waals surface area contributed by atoms with Gasteiger partial charge in [0.05, 0.1) is 11.1 Å². The van der Waals surface area contributed by atoms with Crippen LogP contribution >= 0.6 is 23.2 Å². The van der Waals surface area contributed by atoms with Gasteiger partial charge in [-0.15, -0.1) is 0 Å². The molecule has 18 heteroatoms. The Morgan fingerprint density at radius 3 is 1.55 bits per heavy atom. The fourth-order valence-corrected chi connectivity index (χ4v) is 5.90. The first-order valence-corrected chi connectivity index (χ1v) is 17.5. The minimum absolute atomic E-state index is 0.234. The maximum atomic E-state index is 11.1. The first-order chi connectivity index (χ1) is 27.2. The molecule has 280 valence electrons. The van der Waals surface area contributed by atoms with Crippen molar-refractivity contribution in [3.63, 3.8) is 0 Å². The fourth-order valence-electron chi connectivity index (χ4n) is 5.52. The Labute approximate surface area is 327 Å². The molecule has 4 aromatic carbocycles. The van der Waals surface area contributed by atoms with Crippen LogP contribution in [-0.2, 0) is 13.1 Å². The topological polar surface area (TPSA) is 232 Å². The molecule has 8 N–H and O–H groups in total. The summed E-state index contributed by atoms with van der Waals surface area (Å²) >= 11 is 12.1. The molecular formula is C38H30Cl2N12O4. The number of carbonyl (C=O) groups is 2. The van der Waals surface area contributed by atoms with Gasteiger partial charge in [-0.3, -0.25) is 10.2 Å². The molecule has 0 atom stereocenters. The van der Waals surface area contributed by atoms with E-state index in [4.69, 9.17) is 33.4 Å². The van der Waals surface area contributed by atoms with Crippen molar-refractivity contribution in [1.82, 2.24) is 40.3 Å². The van der Waals surface area contributed by atoms with Gasteiger partial charge in [0, 0.05) is 34.5 Å². The van der Waals surface area contributed by atoms with Gasteiger partial charge in [0.15, 0.2) is 22.9 Å². The summed E-state index contributed by atoms with van der Waals surface area (Å²) in [6.07, 6.45) is 2.88. The molecule has 0 radical (unpaired) electrons. The molecule has 8 rings (SSSR count). The highest BCUT2D eigenvalue weighted by atomic mass is 35.5. The van der Waals surface area contributed by atoms with Crippen molar-refractivity contribution in [2.45, 2.75) is 13.1 Å². The predicted molar refractivity (Wildman–Crippen MR) is 214 cm³/mol. The lowest BCUT2D eigenvalue weighted by atomic mass is 10.1. The van der Waals surface area contributed by atoms with Crippen molar-refractivity contribution in [3.8, 4) is 0 Å². The van der Waals surface area contributed by atoms with Crippen LogP contribution in [0.5, 0.6) is 0 Å². The number of nitrogens with zero attached hydrogens (tertiary/aromatic N) is 6. The molecule has 0 saturated carbocycles. The smallest absolute Gasteiger partial charge is 0.335 e. The molecule has 0 bridgehead atoms. The lowest BCUT2D eigenvalue weighted by Gasteiger charge is -2.09. The zero-order valence-corrected chi connectivity index (χ0v) is 30.5. The highest BCUT2D eigenvalue weighted by Gasteiger charge is 2.15. The Kier molecular flexibility index (Phi) is 11.1. The lowest BCUT2D eigenvalue weighted by Crippen LogP contribution is -2.03. The number of carboxylic acids is 2. The second-order valence-electron chi connectivity index (χ2n) is 12.0. The van der Waals surface area contributed by atoms with Crippen LogP contribution in [0.1, 0.15) is 31.8 Å². The first kappa shape index (κ1) is 37.0. The van der Waals surface area contributed by atoms with Crippen molar-refractivity contribution in [3.05, 3.63) is 142 Å². The van der Waals surface area contributed by atoms with E-state index in [2.05, 4.69) is 61.6 Å². The zero-order chi connectivity index (χ0) is 39.0. The monoisotopic (exact) mass is 788 g/mol. The molecule has 56 heavy (non-hydrogen) atoms. The molecule has 0 amide bonds. The number of aromatic carboxylic acids is 2. The van der Waals surface area contributed by atoms with Crippen molar-refractivity contribution >= 4 is 91.9 Å². The van der Waals surface area contributed by atoms with Crippen molar-refractivity contribution in [1.29, 1.82) is 0 Å². The molecule has 0 aliphatic rings. The third-order valence-corrected chi connectivity index (χ3v) is 8.66. The molecule has 0 unspecified atom stereocenters. The summed E-state index contributed by atoms with van der Waals surface area (Å²) in [7, 11) is 0. The van der Waals surface area contributed by atoms with Crippen LogP contribution in [0.4, 0.5) is 34.6 Å². The van der Waals surface area contributed by atoms with Crippen LogP contribution in [0, 0.1) is 0 Å². The molecule has 0 fully saturated rings. The molecular weight excluding hydrogens is 759 g/mol. The average molecular weight is 790 g/mol. The summed E-state index contributed by atoms with van der Waals surface area (Å²) in [6, 6.07) is 28.0. The summed E-state index contributed by atoms with van der Waals surface area (Å²) in [4.78, 5) is 39.1. The normalized spacial score (nSPS) is 10.8. The van der Waals surface area contributed by atoms with E-state index in [0.717, 1.165) is 22.5 Å². The van der Waals surface area contributed by atoms with Crippen molar-refractivity contribution < 1.29 is 19.8 Å². The van der Waals surface area contributed by atoms with Crippen molar-refractivity contribution in [2.24, 2.45) is 0 Å². The highest BCUT2D eigenvalue weighted by Crippen LogP contribution is 2.30. The number of aromatic nitrogens is 8. The number of hydrogen-bond donors (Lipinski definition) is 8. The maximum absolute atomic E-state index is 11.1. The molecule has 4 aromatic heterocycles. The number of aromatic amines is 2. The summed E-state index contributed by atoms with van der Waals surface area (Å²) in [5.74, 6) is 0.385. The Balaban J connectivity index is 0.000000172. The van der Waals surface area contributed by atoms with E-state index >= 15 is 0 Å². The van der Waals surface area contributed by atoms with Gasteiger partial charge in [0.2, 0.25) is 0 Å². The van der Waals surface area contributed by atoms with E-state index < -0.39 is 11.9 Å². The second kappa shape index (κ2) is 16.8. The van der Waals surface area contributed by atoms with Crippen LogP contribution in [0.3, 0.4) is 0 Å². The number of nitrogens with one attached hydrogen (secondary N) is 6. The number of fused-ring (bicyclic) bond motifs is 2. The van der Waals surface area contributed by atoms with Crippen LogP contribution < -0.4 is 21.3 Å². The van der Waals surface area contributed by atoms with E-state index in [1.807, 2.05) is 30.3 Å². The summed E-state index contributed by atoms with van der Waals surface area (Å²) < 4.78 is 0. The Bertz CT molecular complexity index is 2670. The number of hydrogen-bond acceptors (Lipinski definition) is 12. The van der Waals surface area contributed by atoms with Gasteiger partial charge in [0.25, 0.3) is 0 Å². The Morgan fingerprint density at radius 1 is 0.554 bits per heavy atom. The first-order valence-electron chi connectivity index (χ1n) is 16.8. The summed E-state index contributed by atoms with van der Waals surface area (Å²) in [5.41, 5.74) is 4.95. The molecule has 0 aliphatic heterocycles. The van der Waals surface area contributed by atoms with E-state index in [-0.39, 0.29) is 11.1 Å². The average Bonchev–Trinajstić information content (AvgIpc) is 3.82. The summed E-state index contributed by atoms with van der Waals surface area (Å²) in [5, 5.41) is 47.9. The van der Waals surface area contributed by atoms with Gasteiger partial charge in [-0.1, -0.05) is 59.6 Å². The number of anilines is 6. The number of carboxylic acid groups (broad SMARTS) is 2. The standard InChI is InChI=1S/2C19H15ClN6O2/c20-13-5-2-6-14(8-13)24-16-15-17(25-26-18(15)23-10-22-16)21-9-11-3-1-4-12(7-11)19(27)28;20-13-2-1-3-14(8-13)24-16-15-17(25-26-18(15)23-10-22-16)21-9-11-4-6-12(7-5-11)19(27)28/h2*1-8,10H,9H2,(H,27,28)(H3,21,22,23,24,25,26). The van der Waals surface area contributed by atoms with Gasteiger partial charge < -0.3 is 31.5 Å². The van der Waals surface area contributed by atoms with E-state index in [1.165, 1.54) is 12.7 Å². The van der Waals surface area contributed by atoms with Crippen LogP contribution in [-0.4, -0.2) is 62.5 Å². The van der Waals surface area contributed by atoms with Crippen molar-refractivity contribution in [2.75, 3.05) is 21.3 Å². The lowest BCUT2D eigenvalue weighted by molar-refractivity contribution is 0.0686. The van der Waals surface area contributed by atoms with Crippen LogP contribution in [0.25, 0.3) is 22.1 Å². The van der Waals surface area contributed by atoms with Crippen LogP contribution in [0.15, 0.2) is 110 Å². The van der Waals surface area contributed by atoms with E-state index in [0.29, 0.717) is 68.5 Å². The number of H-pyrrole nitrogens is 2. The third-order valence-electron chi connectivity index (χ3n) is 8.18. The van der Waals surface area contributed by atoms with Gasteiger partial charge >= 0.3 is 11.9 Å². The Hall–Kier alpha value is -7.30. The van der Waals surface area contributed by atoms with Gasteiger partial charge in [-0.25, -0.2) is 29.5 Å². The minimum Gasteiger partial charge on any atom is -0.478 e. The molecule has 8 aromatic rings. The third kappa shape index (κ3) is 8.90. The molecule has 0 saturated heterocycles. The molecule has 0 spiro atoms. The second-order valence-corrected chi connectivity index (χ2v) is 12.9. The molecule has 0 aliphatic carbocycles. The Morgan fingerprint density at radius 2 is 1.05 bits per heavy atom. The fraction of sp³-hybridized carbons (Fsp3) is 0.0526. The molecule has 4 heterocycles. The van der Waals surface area contributed by atoms with E-state index in [9.17, 15) is 9.59 Å². The largest absolute Gasteiger partial charge is 0.478 e. The maximum Gasteiger partial charge on any atom is 0.335 e. The molecule has 16 nitrogen and oxygen atoms in total. The van der Waals surface area contributed by atoms with Gasteiger partial charge in [-0.2, -0.15) is 10.2 Å². The number of rotatable bonds is 12. The number of halogens is 2. The summed E-state index contributed by atoms with van der Waals surface area (Å²) in [6.45, 7) is 0.859. The zero-order valence-electron chi connectivity index (χ0n) is 29.0. The quantitative estimate of drug-likeness (QED) is 0.0584. The SMILES string of the molecule is O=C(O)c1ccc(CNc2n[nH]c3ncnc(Nc4cccc(Cl)c4)c23)cc1.O=C(O)c1cccc(CNc2n[nH]c3ncnc(Nc4cccc(Cl)c4)c23)c1. The van der Waals surface area contributed by atoms with Gasteiger partial charge in [0.1, 0.15) is 35.1 Å². The number of benzene rings is 4. The minimum atomic E-state index is -0.964. The predicted octanol–water partition coefficient (Wildman–Crippen LogP) is 8.12. The van der Waals surface area contributed by atoms with E-state index in [1.54, 1.807) is 66.7 Å². The van der Waals surface area contributed by atoms with Crippen LogP contribution in [0.2, 0.25) is 10.0 Å². The van der Waals surface area contributed by atoms with Gasteiger partial charge in [-0.05, 0) is 71.8 Å².